The lowest BCUT2D eigenvalue weighted by Gasteiger charge is -2.23. The van der Waals surface area contributed by atoms with Crippen LogP contribution in [-0.4, -0.2) is 24.1 Å². The normalized spacial score (nSPS) is 19.0. The van der Waals surface area contributed by atoms with Crippen LogP contribution in [-0.2, 0) is 6.18 Å². The van der Waals surface area contributed by atoms with Crippen molar-refractivity contribution in [2.75, 3.05) is 13.2 Å². The molecule has 122 valence electrons. The van der Waals surface area contributed by atoms with Crippen molar-refractivity contribution in [1.82, 2.24) is 5.32 Å². The van der Waals surface area contributed by atoms with E-state index in [2.05, 4.69) is 5.32 Å². The van der Waals surface area contributed by atoms with Crippen LogP contribution >= 0.6 is 0 Å². The van der Waals surface area contributed by atoms with Gasteiger partial charge in [0.25, 0.3) is 0 Å². The number of nitro groups is 1. The van der Waals surface area contributed by atoms with Crippen molar-refractivity contribution in [2.45, 2.75) is 37.9 Å². The SMILES string of the molecule is O=[N+]([O-])c1cc(C(F)(F)F)ccc1OCC[C@H]1CCCCN1. The number of piperidine rings is 1. The van der Waals surface area contributed by atoms with E-state index in [0.29, 0.717) is 18.5 Å². The standard InChI is InChI=1S/C14H17F3N2O3/c15-14(16,17)10-4-5-13(12(9-10)19(20)21)22-8-6-11-3-1-2-7-18-11/h4-5,9,11,18H,1-3,6-8H2/t11-/m1/s1. The van der Waals surface area contributed by atoms with Gasteiger partial charge < -0.3 is 10.1 Å². The van der Waals surface area contributed by atoms with Crippen LogP contribution in [0.15, 0.2) is 18.2 Å². The fraction of sp³-hybridized carbons (Fsp3) is 0.571. The summed E-state index contributed by atoms with van der Waals surface area (Å²) in [7, 11) is 0. The number of ether oxygens (including phenoxy) is 1. The van der Waals surface area contributed by atoms with E-state index in [9.17, 15) is 23.3 Å². The molecule has 0 radical (unpaired) electrons. The highest BCUT2D eigenvalue weighted by atomic mass is 19.4. The minimum absolute atomic E-state index is 0.131. The average Bonchev–Trinajstić information content (AvgIpc) is 2.47. The topological polar surface area (TPSA) is 64.4 Å². The fourth-order valence-electron chi connectivity index (χ4n) is 2.44. The van der Waals surface area contributed by atoms with Gasteiger partial charge >= 0.3 is 11.9 Å². The third kappa shape index (κ3) is 4.33. The number of hydrogen-bond donors (Lipinski definition) is 1. The Morgan fingerprint density at radius 3 is 2.73 bits per heavy atom. The van der Waals surface area contributed by atoms with Crippen molar-refractivity contribution in [3.8, 4) is 5.75 Å². The van der Waals surface area contributed by atoms with Gasteiger partial charge in [0.15, 0.2) is 5.75 Å². The number of rotatable bonds is 5. The number of hydrogen-bond acceptors (Lipinski definition) is 4. The van der Waals surface area contributed by atoms with Crippen LogP contribution in [0.5, 0.6) is 5.75 Å². The van der Waals surface area contributed by atoms with E-state index < -0.39 is 22.4 Å². The number of benzene rings is 1. The van der Waals surface area contributed by atoms with E-state index in [1.54, 1.807) is 0 Å². The Labute approximate surface area is 125 Å². The smallest absolute Gasteiger partial charge is 0.416 e. The Morgan fingerprint density at radius 2 is 2.14 bits per heavy atom. The molecule has 0 saturated carbocycles. The van der Waals surface area contributed by atoms with Gasteiger partial charge in [-0.25, -0.2) is 0 Å². The predicted molar refractivity (Wildman–Crippen MR) is 73.9 cm³/mol. The Kier molecular flexibility index (Phi) is 5.23. The summed E-state index contributed by atoms with van der Waals surface area (Å²) in [6.07, 6.45) is -0.689. The van der Waals surface area contributed by atoms with Crippen LogP contribution in [0.3, 0.4) is 0 Å². The summed E-state index contributed by atoms with van der Waals surface area (Å²) in [5.41, 5.74) is -1.72. The largest absolute Gasteiger partial charge is 0.487 e. The Balaban J connectivity index is 2.01. The van der Waals surface area contributed by atoms with Crippen LogP contribution in [0, 0.1) is 10.1 Å². The van der Waals surface area contributed by atoms with E-state index in [-0.39, 0.29) is 12.4 Å². The first-order valence-corrected chi connectivity index (χ1v) is 7.10. The number of nitrogens with one attached hydrogen (secondary N) is 1. The molecule has 5 nitrogen and oxygen atoms in total. The molecule has 0 bridgehead atoms. The molecule has 8 heteroatoms. The van der Waals surface area contributed by atoms with Gasteiger partial charge in [0.2, 0.25) is 0 Å². The van der Waals surface area contributed by atoms with Crippen molar-refractivity contribution >= 4 is 5.69 Å². The molecule has 0 aliphatic carbocycles. The monoisotopic (exact) mass is 318 g/mol. The van der Waals surface area contributed by atoms with E-state index >= 15 is 0 Å². The summed E-state index contributed by atoms with van der Waals surface area (Å²) in [6, 6.07) is 2.60. The minimum Gasteiger partial charge on any atom is -0.487 e. The van der Waals surface area contributed by atoms with Crippen molar-refractivity contribution < 1.29 is 22.8 Å². The Bertz CT molecular complexity index is 529. The lowest BCUT2D eigenvalue weighted by atomic mass is 10.0. The lowest BCUT2D eigenvalue weighted by Crippen LogP contribution is -2.35. The third-order valence-corrected chi connectivity index (χ3v) is 3.62. The quantitative estimate of drug-likeness (QED) is 0.666. The lowest BCUT2D eigenvalue weighted by molar-refractivity contribution is -0.386. The number of nitro benzene ring substituents is 1. The van der Waals surface area contributed by atoms with Gasteiger partial charge in [0, 0.05) is 12.1 Å². The highest BCUT2D eigenvalue weighted by Crippen LogP contribution is 2.36. The van der Waals surface area contributed by atoms with Crippen LogP contribution in [0.1, 0.15) is 31.2 Å². The fourth-order valence-corrected chi connectivity index (χ4v) is 2.44. The van der Waals surface area contributed by atoms with E-state index in [1.165, 1.54) is 0 Å². The summed E-state index contributed by atoms with van der Waals surface area (Å²) in [5, 5.41) is 14.2. The summed E-state index contributed by atoms with van der Waals surface area (Å²) >= 11 is 0. The molecule has 0 spiro atoms. The molecule has 1 fully saturated rings. The first-order chi connectivity index (χ1) is 10.4. The minimum atomic E-state index is -4.62. The summed E-state index contributed by atoms with van der Waals surface area (Å²) < 4.78 is 43.1. The summed E-state index contributed by atoms with van der Waals surface area (Å²) in [6.45, 7) is 1.16. The highest BCUT2D eigenvalue weighted by molar-refractivity contribution is 5.49. The molecule has 1 aliphatic rings. The molecule has 1 aromatic rings. The maximum atomic E-state index is 12.6. The zero-order valence-corrected chi connectivity index (χ0v) is 11.9. The molecule has 0 unspecified atom stereocenters. The van der Waals surface area contributed by atoms with Gasteiger partial charge in [-0.05, 0) is 37.9 Å². The molecule has 1 aromatic carbocycles. The second-order valence-corrected chi connectivity index (χ2v) is 5.22. The zero-order valence-electron chi connectivity index (χ0n) is 11.9. The molecule has 1 aliphatic heterocycles. The van der Waals surface area contributed by atoms with Crippen molar-refractivity contribution in [3.05, 3.63) is 33.9 Å². The Morgan fingerprint density at radius 1 is 1.36 bits per heavy atom. The van der Waals surface area contributed by atoms with Gasteiger partial charge in [-0.3, -0.25) is 10.1 Å². The maximum Gasteiger partial charge on any atom is 0.416 e. The maximum absolute atomic E-state index is 12.6. The number of halogens is 3. The van der Waals surface area contributed by atoms with Gasteiger partial charge in [-0.1, -0.05) is 6.42 Å². The third-order valence-electron chi connectivity index (χ3n) is 3.62. The second kappa shape index (κ2) is 6.95. The van der Waals surface area contributed by atoms with Crippen LogP contribution in [0.4, 0.5) is 18.9 Å². The molecule has 22 heavy (non-hydrogen) atoms. The first-order valence-electron chi connectivity index (χ1n) is 7.10. The van der Waals surface area contributed by atoms with E-state index in [1.807, 2.05) is 0 Å². The summed E-state index contributed by atoms with van der Waals surface area (Å²) in [5.74, 6) is -0.131. The van der Waals surface area contributed by atoms with E-state index in [0.717, 1.165) is 37.9 Å². The predicted octanol–water partition coefficient (Wildman–Crippen LogP) is 3.52. The van der Waals surface area contributed by atoms with Gasteiger partial charge in [0.1, 0.15) is 0 Å². The summed E-state index contributed by atoms with van der Waals surface area (Å²) in [4.78, 5) is 10.1. The zero-order chi connectivity index (χ0) is 16.2. The molecule has 2 rings (SSSR count). The molecular weight excluding hydrogens is 301 g/mol. The van der Waals surface area contributed by atoms with Crippen LogP contribution in [0.2, 0.25) is 0 Å². The van der Waals surface area contributed by atoms with Crippen molar-refractivity contribution in [2.24, 2.45) is 0 Å². The molecular formula is C14H17F3N2O3. The molecule has 0 aromatic heterocycles. The molecule has 0 amide bonds. The molecule has 1 heterocycles. The van der Waals surface area contributed by atoms with Gasteiger partial charge in [-0.15, -0.1) is 0 Å². The Hall–Kier alpha value is -1.83. The van der Waals surface area contributed by atoms with Crippen LogP contribution in [0.25, 0.3) is 0 Å². The molecule has 1 saturated heterocycles. The molecule has 1 N–H and O–H groups in total. The number of nitrogens with zero attached hydrogens (tertiary/aromatic N) is 1. The second-order valence-electron chi connectivity index (χ2n) is 5.22. The van der Waals surface area contributed by atoms with Crippen molar-refractivity contribution in [3.63, 3.8) is 0 Å². The molecule has 1 atom stereocenters. The number of alkyl halides is 3. The van der Waals surface area contributed by atoms with Crippen molar-refractivity contribution in [1.29, 1.82) is 0 Å². The van der Waals surface area contributed by atoms with Gasteiger partial charge in [0.05, 0.1) is 17.1 Å². The van der Waals surface area contributed by atoms with E-state index in [4.69, 9.17) is 4.74 Å². The van der Waals surface area contributed by atoms with Crippen LogP contribution < -0.4 is 10.1 Å². The first kappa shape index (κ1) is 16.5. The highest BCUT2D eigenvalue weighted by Gasteiger charge is 2.33. The van der Waals surface area contributed by atoms with Gasteiger partial charge in [-0.2, -0.15) is 13.2 Å². The average molecular weight is 318 g/mol.